The first-order valence-electron chi connectivity index (χ1n) is 10.3. The lowest BCUT2D eigenvalue weighted by molar-refractivity contribution is 0.0951. The van der Waals surface area contributed by atoms with Gasteiger partial charge in [0.1, 0.15) is 5.75 Å². The third-order valence-electron chi connectivity index (χ3n) is 4.16. The molecular weight excluding hydrogens is 384 g/mol. The minimum Gasteiger partial charge on any atom is -0.508 e. The van der Waals surface area contributed by atoms with E-state index in [9.17, 15) is 14.7 Å². The topological polar surface area (TPSA) is 96.9 Å². The van der Waals surface area contributed by atoms with Gasteiger partial charge in [-0.15, -0.1) is 0 Å². The SMILES string of the molecule is CCCOc1ccc(C(=O)NCCCNC(=O)c2cccc(O)c2)cc1OCCC. The molecule has 0 aromatic heterocycles. The molecule has 0 unspecified atom stereocenters. The average molecular weight is 415 g/mol. The molecular formula is C23H30N2O5. The molecule has 0 aliphatic rings. The van der Waals surface area contributed by atoms with Crippen molar-refractivity contribution in [3.8, 4) is 17.2 Å². The number of hydrogen-bond donors (Lipinski definition) is 3. The van der Waals surface area contributed by atoms with Gasteiger partial charge in [-0.1, -0.05) is 19.9 Å². The zero-order chi connectivity index (χ0) is 21.8. The van der Waals surface area contributed by atoms with Crippen LogP contribution in [0.1, 0.15) is 53.8 Å². The predicted molar refractivity (Wildman–Crippen MR) is 115 cm³/mol. The van der Waals surface area contributed by atoms with E-state index in [1.165, 1.54) is 12.1 Å². The summed E-state index contributed by atoms with van der Waals surface area (Å²) in [5.74, 6) is 0.770. The summed E-state index contributed by atoms with van der Waals surface area (Å²) < 4.78 is 11.4. The van der Waals surface area contributed by atoms with Gasteiger partial charge in [-0.05, 0) is 55.7 Å². The number of carbonyl (C=O) groups excluding carboxylic acids is 2. The predicted octanol–water partition coefficient (Wildman–Crippen LogP) is 3.52. The minimum atomic E-state index is -0.266. The number of carbonyl (C=O) groups is 2. The van der Waals surface area contributed by atoms with Crippen molar-refractivity contribution < 1.29 is 24.2 Å². The molecule has 0 aliphatic carbocycles. The normalized spacial score (nSPS) is 10.3. The number of phenols is 1. The average Bonchev–Trinajstić information content (AvgIpc) is 2.75. The first kappa shape index (κ1) is 23.1. The Morgan fingerprint density at radius 2 is 1.43 bits per heavy atom. The summed E-state index contributed by atoms with van der Waals surface area (Å²) in [6, 6.07) is 11.3. The van der Waals surface area contributed by atoms with Crippen molar-refractivity contribution in [3.63, 3.8) is 0 Å². The van der Waals surface area contributed by atoms with E-state index >= 15 is 0 Å². The Balaban J connectivity index is 1.81. The molecule has 2 rings (SSSR count). The number of hydrogen-bond acceptors (Lipinski definition) is 5. The monoisotopic (exact) mass is 414 g/mol. The van der Waals surface area contributed by atoms with Crippen LogP contribution in [0.5, 0.6) is 17.2 Å². The smallest absolute Gasteiger partial charge is 0.251 e. The van der Waals surface area contributed by atoms with Crippen molar-refractivity contribution in [2.24, 2.45) is 0 Å². The zero-order valence-corrected chi connectivity index (χ0v) is 17.6. The van der Waals surface area contributed by atoms with Gasteiger partial charge in [-0.3, -0.25) is 9.59 Å². The lowest BCUT2D eigenvalue weighted by atomic mass is 10.2. The Bertz CT molecular complexity index is 838. The van der Waals surface area contributed by atoms with E-state index in [0.29, 0.717) is 55.4 Å². The lowest BCUT2D eigenvalue weighted by Crippen LogP contribution is -2.29. The van der Waals surface area contributed by atoms with E-state index in [1.807, 2.05) is 13.8 Å². The molecule has 0 saturated heterocycles. The minimum absolute atomic E-state index is 0.0447. The highest BCUT2D eigenvalue weighted by Crippen LogP contribution is 2.29. The number of nitrogens with one attached hydrogen (secondary N) is 2. The second kappa shape index (κ2) is 12.4. The number of rotatable bonds is 12. The summed E-state index contributed by atoms with van der Waals surface area (Å²) in [5, 5.41) is 15.0. The fraction of sp³-hybridized carbons (Fsp3) is 0.391. The number of aromatic hydroxyl groups is 1. The molecule has 2 amide bonds. The van der Waals surface area contributed by atoms with Gasteiger partial charge in [0.05, 0.1) is 13.2 Å². The summed E-state index contributed by atoms with van der Waals surface area (Å²) in [5.41, 5.74) is 0.887. The van der Waals surface area contributed by atoms with Gasteiger partial charge >= 0.3 is 0 Å². The second-order valence-corrected chi connectivity index (χ2v) is 6.77. The summed E-state index contributed by atoms with van der Waals surface area (Å²) >= 11 is 0. The van der Waals surface area contributed by atoms with Gasteiger partial charge in [-0.2, -0.15) is 0 Å². The molecule has 0 fully saturated rings. The van der Waals surface area contributed by atoms with Crippen LogP contribution < -0.4 is 20.1 Å². The molecule has 2 aromatic carbocycles. The van der Waals surface area contributed by atoms with Crippen LogP contribution in [0.4, 0.5) is 0 Å². The van der Waals surface area contributed by atoms with Gasteiger partial charge in [0.25, 0.3) is 11.8 Å². The van der Waals surface area contributed by atoms with E-state index in [0.717, 1.165) is 12.8 Å². The number of benzene rings is 2. The van der Waals surface area contributed by atoms with Crippen molar-refractivity contribution in [3.05, 3.63) is 53.6 Å². The third kappa shape index (κ3) is 7.31. The van der Waals surface area contributed by atoms with Gasteiger partial charge in [0.2, 0.25) is 0 Å². The molecule has 0 spiro atoms. The maximum absolute atomic E-state index is 12.4. The van der Waals surface area contributed by atoms with E-state index in [-0.39, 0.29) is 17.6 Å². The molecule has 162 valence electrons. The third-order valence-corrected chi connectivity index (χ3v) is 4.16. The van der Waals surface area contributed by atoms with E-state index in [4.69, 9.17) is 9.47 Å². The van der Waals surface area contributed by atoms with Gasteiger partial charge < -0.3 is 25.2 Å². The summed E-state index contributed by atoms with van der Waals surface area (Å²) in [7, 11) is 0. The van der Waals surface area contributed by atoms with Crippen LogP contribution in [0.25, 0.3) is 0 Å². The van der Waals surface area contributed by atoms with Crippen LogP contribution in [0.3, 0.4) is 0 Å². The van der Waals surface area contributed by atoms with Gasteiger partial charge in [0, 0.05) is 24.2 Å². The Labute approximate surface area is 177 Å². The van der Waals surface area contributed by atoms with E-state index < -0.39 is 0 Å². The summed E-state index contributed by atoms with van der Waals surface area (Å²) in [4.78, 5) is 24.4. The highest BCUT2D eigenvalue weighted by Gasteiger charge is 2.12. The van der Waals surface area contributed by atoms with Crippen LogP contribution in [-0.4, -0.2) is 43.2 Å². The molecule has 0 aliphatic heterocycles. The highest BCUT2D eigenvalue weighted by atomic mass is 16.5. The zero-order valence-electron chi connectivity index (χ0n) is 17.6. The van der Waals surface area contributed by atoms with E-state index in [2.05, 4.69) is 10.6 Å². The Hall–Kier alpha value is -3.22. The highest BCUT2D eigenvalue weighted by molar-refractivity contribution is 5.95. The maximum atomic E-state index is 12.4. The van der Waals surface area contributed by atoms with Crippen molar-refractivity contribution in [1.82, 2.24) is 10.6 Å². The standard InChI is InChI=1S/C23H30N2O5/c1-3-13-29-20-10-9-18(16-21(20)30-14-4-2)23(28)25-12-6-11-24-22(27)17-7-5-8-19(26)15-17/h5,7-10,15-16,26H,3-4,6,11-14H2,1-2H3,(H,24,27)(H,25,28). The molecule has 0 radical (unpaired) electrons. The fourth-order valence-corrected chi connectivity index (χ4v) is 2.65. The van der Waals surface area contributed by atoms with Crippen molar-refractivity contribution >= 4 is 11.8 Å². The Morgan fingerprint density at radius 1 is 0.833 bits per heavy atom. The molecule has 7 heteroatoms. The molecule has 0 atom stereocenters. The lowest BCUT2D eigenvalue weighted by Gasteiger charge is -2.13. The fourth-order valence-electron chi connectivity index (χ4n) is 2.65. The Morgan fingerprint density at radius 3 is 2.03 bits per heavy atom. The van der Waals surface area contributed by atoms with Crippen molar-refractivity contribution in [1.29, 1.82) is 0 Å². The van der Waals surface area contributed by atoms with Gasteiger partial charge in [0.15, 0.2) is 11.5 Å². The molecule has 3 N–H and O–H groups in total. The molecule has 7 nitrogen and oxygen atoms in total. The van der Waals surface area contributed by atoms with E-state index in [1.54, 1.807) is 30.3 Å². The first-order valence-corrected chi connectivity index (χ1v) is 10.3. The van der Waals surface area contributed by atoms with Crippen LogP contribution >= 0.6 is 0 Å². The number of ether oxygens (including phenoxy) is 2. The van der Waals surface area contributed by atoms with Crippen molar-refractivity contribution in [2.75, 3.05) is 26.3 Å². The van der Waals surface area contributed by atoms with Crippen LogP contribution in [-0.2, 0) is 0 Å². The summed E-state index contributed by atoms with van der Waals surface area (Å²) in [6.07, 6.45) is 2.32. The van der Waals surface area contributed by atoms with Crippen LogP contribution in [0.2, 0.25) is 0 Å². The first-order chi connectivity index (χ1) is 14.5. The summed E-state index contributed by atoms with van der Waals surface area (Å²) in [6.45, 7) is 6.00. The van der Waals surface area contributed by atoms with Crippen LogP contribution in [0.15, 0.2) is 42.5 Å². The van der Waals surface area contributed by atoms with Crippen molar-refractivity contribution in [2.45, 2.75) is 33.1 Å². The number of phenolic OH excluding ortho intramolecular Hbond substituents is 1. The Kier molecular flexibility index (Phi) is 9.51. The molecule has 30 heavy (non-hydrogen) atoms. The maximum Gasteiger partial charge on any atom is 0.251 e. The molecule has 0 bridgehead atoms. The van der Waals surface area contributed by atoms with Gasteiger partial charge in [-0.25, -0.2) is 0 Å². The number of amides is 2. The molecule has 2 aromatic rings. The van der Waals surface area contributed by atoms with Crippen LogP contribution in [0, 0.1) is 0 Å². The second-order valence-electron chi connectivity index (χ2n) is 6.77. The largest absolute Gasteiger partial charge is 0.508 e. The molecule has 0 saturated carbocycles. The molecule has 0 heterocycles. The quantitative estimate of drug-likeness (QED) is 0.462.